The Balaban J connectivity index is 1.37. The number of amides is 2. The number of alkyl carbamates (subject to hydrolysis) is 1. The van der Waals surface area contributed by atoms with Crippen LogP contribution in [0.5, 0.6) is 0 Å². The molecule has 34 heavy (non-hydrogen) atoms. The van der Waals surface area contributed by atoms with E-state index >= 15 is 0 Å². The highest BCUT2D eigenvalue weighted by Gasteiger charge is 2.29. The molecule has 0 saturated heterocycles. The highest BCUT2D eigenvalue weighted by Crippen LogP contribution is 2.44. The molecule has 9 nitrogen and oxygen atoms in total. The Hall–Kier alpha value is -3.53. The van der Waals surface area contributed by atoms with E-state index in [2.05, 4.69) is 27.5 Å². The second-order valence-corrected chi connectivity index (χ2v) is 8.65. The van der Waals surface area contributed by atoms with Crippen molar-refractivity contribution in [3.63, 3.8) is 0 Å². The third-order valence-corrected chi connectivity index (χ3v) is 6.28. The number of methoxy groups -OCH3 is 1. The number of fused-ring (bicyclic) bond motifs is 3. The van der Waals surface area contributed by atoms with Crippen LogP contribution in [-0.4, -0.2) is 66.9 Å². The van der Waals surface area contributed by atoms with Crippen LogP contribution in [0.15, 0.2) is 48.5 Å². The van der Waals surface area contributed by atoms with Crippen molar-refractivity contribution >= 4 is 35.7 Å². The van der Waals surface area contributed by atoms with Gasteiger partial charge in [-0.3, -0.25) is 9.59 Å². The molecule has 2 amide bonds. The molecule has 0 bridgehead atoms. The molecule has 0 spiro atoms. The number of aliphatic carboxylic acids is 1. The van der Waals surface area contributed by atoms with Gasteiger partial charge >= 0.3 is 18.0 Å². The minimum atomic E-state index is -1.35. The van der Waals surface area contributed by atoms with Crippen LogP contribution in [-0.2, 0) is 23.9 Å². The molecule has 180 valence electrons. The number of carboxylic acid groups (broad SMARTS) is 1. The summed E-state index contributed by atoms with van der Waals surface area (Å²) in [5, 5.41) is 14.0. The van der Waals surface area contributed by atoms with Crippen molar-refractivity contribution in [3.8, 4) is 11.1 Å². The van der Waals surface area contributed by atoms with Gasteiger partial charge in [0.2, 0.25) is 5.91 Å². The number of ether oxygens (including phenoxy) is 2. The number of hydrogen-bond acceptors (Lipinski definition) is 7. The maximum absolute atomic E-state index is 12.1. The molecule has 0 unspecified atom stereocenters. The molecule has 3 N–H and O–H groups in total. The maximum atomic E-state index is 12.1. The average Bonchev–Trinajstić information content (AvgIpc) is 3.15. The number of esters is 1. The Morgan fingerprint density at radius 2 is 1.65 bits per heavy atom. The highest BCUT2D eigenvalue weighted by atomic mass is 32.2. The Bertz CT molecular complexity index is 1010. The Labute approximate surface area is 201 Å². The summed E-state index contributed by atoms with van der Waals surface area (Å²) in [6.45, 7) is 0.491. The van der Waals surface area contributed by atoms with Gasteiger partial charge in [0.1, 0.15) is 12.6 Å². The van der Waals surface area contributed by atoms with Gasteiger partial charge < -0.3 is 25.2 Å². The fraction of sp³-hybridized carbons (Fsp3) is 0.333. The van der Waals surface area contributed by atoms with Gasteiger partial charge in [0.25, 0.3) is 0 Å². The molecule has 0 heterocycles. The number of benzene rings is 2. The number of nitrogens with one attached hydrogen (secondary N) is 2. The van der Waals surface area contributed by atoms with E-state index < -0.39 is 36.4 Å². The minimum Gasteiger partial charge on any atom is -0.480 e. The number of thioether (sulfide) groups is 1. The summed E-state index contributed by atoms with van der Waals surface area (Å²) in [5.74, 6) is -2.19. The van der Waals surface area contributed by atoms with Crippen LogP contribution in [0.2, 0.25) is 0 Å². The van der Waals surface area contributed by atoms with E-state index in [4.69, 9.17) is 9.84 Å². The highest BCUT2D eigenvalue weighted by molar-refractivity contribution is 7.99. The van der Waals surface area contributed by atoms with Crippen molar-refractivity contribution in [1.82, 2.24) is 10.6 Å². The molecule has 2 aromatic rings. The zero-order valence-electron chi connectivity index (χ0n) is 18.6. The lowest BCUT2D eigenvalue weighted by Crippen LogP contribution is -2.43. The van der Waals surface area contributed by atoms with Crippen molar-refractivity contribution in [3.05, 3.63) is 59.7 Å². The van der Waals surface area contributed by atoms with Gasteiger partial charge in [-0.25, -0.2) is 9.59 Å². The maximum Gasteiger partial charge on any atom is 0.407 e. The molecule has 0 radical (unpaired) electrons. The minimum absolute atomic E-state index is 0.0165. The molecule has 0 fully saturated rings. The summed E-state index contributed by atoms with van der Waals surface area (Å²) in [5.41, 5.74) is 4.56. The fourth-order valence-electron chi connectivity index (χ4n) is 3.73. The number of carbonyl (C=O) groups is 4. The summed E-state index contributed by atoms with van der Waals surface area (Å²) in [6.07, 6.45) is -0.998. The van der Waals surface area contributed by atoms with Gasteiger partial charge in [-0.05, 0) is 22.3 Å². The number of rotatable bonds is 11. The van der Waals surface area contributed by atoms with Crippen molar-refractivity contribution < 1.29 is 33.8 Å². The van der Waals surface area contributed by atoms with Crippen LogP contribution in [0.4, 0.5) is 4.79 Å². The zero-order chi connectivity index (χ0) is 24.5. The predicted octanol–water partition coefficient (Wildman–Crippen LogP) is 2.39. The first-order chi connectivity index (χ1) is 16.4. The first-order valence-electron chi connectivity index (χ1n) is 10.7. The van der Waals surface area contributed by atoms with Crippen LogP contribution >= 0.6 is 11.8 Å². The Kier molecular flexibility index (Phi) is 8.92. The smallest absolute Gasteiger partial charge is 0.407 e. The average molecular weight is 487 g/mol. The number of carboxylic acids is 1. The van der Waals surface area contributed by atoms with Gasteiger partial charge in [0.05, 0.1) is 19.3 Å². The fourth-order valence-corrected chi connectivity index (χ4v) is 4.39. The second-order valence-electron chi connectivity index (χ2n) is 7.54. The standard InChI is InChI=1S/C24H26N2O7S/c1-32-22(28)12-20(23(29)30)26-21(27)14-34-11-10-25-24(31)33-13-19-17-8-4-2-6-15(17)16-7-3-5-9-18(16)19/h2-9,19-20H,10-14H2,1H3,(H,25,31)(H,26,27)(H,29,30)/t20-/m0/s1. The molecule has 10 heteroatoms. The number of carbonyl (C=O) groups excluding carboxylic acids is 3. The summed E-state index contributed by atoms with van der Waals surface area (Å²) in [7, 11) is 1.14. The van der Waals surface area contributed by atoms with Crippen molar-refractivity contribution in [2.45, 2.75) is 18.4 Å². The van der Waals surface area contributed by atoms with Gasteiger partial charge in [-0.1, -0.05) is 48.5 Å². The first-order valence-corrected chi connectivity index (χ1v) is 11.8. The predicted molar refractivity (Wildman–Crippen MR) is 127 cm³/mol. The monoisotopic (exact) mass is 486 g/mol. The van der Waals surface area contributed by atoms with Crippen molar-refractivity contribution in [1.29, 1.82) is 0 Å². The number of hydrogen-bond donors (Lipinski definition) is 3. The summed E-state index contributed by atoms with van der Waals surface area (Å²) >= 11 is 1.22. The topological polar surface area (TPSA) is 131 Å². The van der Waals surface area contributed by atoms with Crippen molar-refractivity contribution in [2.75, 3.05) is 31.8 Å². The molecular weight excluding hydrogens is 460 g/mol. The molecular formula is C24H26N2O7S. The summed E-state index contributed by atoms with van der Waals surface area (Å²) in [4.78, 5) is 46.4. The third-order valence-electron chi connectivity index (χ3n) is 5.32. The second kappa shape index (κ2) is 12.1. The molecule has 3 rings (SSSR count). The van der Waals surface area contributed by atoms with E-state index in [9.17, 15) is 19.2 Å². The zero-order valence-corrected chi connectivity index (χ0v) is 19.4. The molecule has 1 atom stereocenters. The van der Waals surface area contributed by atoms with E-state index in [1.807, 2.05) is 36.4 Å². The lowest BCUT2D eigenvalue weighted by atomic mass is 9.98. The van der Waals surface area contributed by atoms with E-state index in [0.717, 1.165) is 29.4 Å². The third kappa shape index (κ3) is 6.50. The Morgan fingerprint density at radius 1 is 1.03 bits per heavy atom. The molecule has 1 aliphatic rings. The lowest BCUT2D eigenvalue weighted by Gasteiger charge is -2.15. The van der Waals surface area contributed by atoms with Crippen LogP contribution < -0.4 is 10.6 Å². The normalized spacial score (nSPS) is 12.7. The van der Waals surface area contributed by atoms with Crippen LogP contribution in [0, 0.1) is 0 Å². The summed E-state index contributed by atoms with van der Waals surface area (Å²) in [6, 6.07) is 14.8. The van der Waals surface area contributed by atoms with Crippen LogP contribution in [0.3, 0.4) is 0 Å². The van der Waals surface area contributed by atoms with E-state index in [1.54, 1.807) is 0 Å². The van der Waals surface area contributed by atoms with E-state index in [1.165, 1.54) is 11.8 Å². The first kappa shape index (κ1) is 25.1. The van der Waals surface area contributed by atoms with Crippen molar-refractivity contribution in [2.24, 2.45) is 0 Å². The molecule has 1 aliphatic carbocycles. The van der Waals surface area contributed by atoms with E-state index in [0.29, 0.717) is 5.75 Å². The molecule has 0 aliphatic heterocycles. The van der Waals surface area contributed by atoms with Gasteiger partial charge in [-0.2, -0.15) is 11.8 Å². The lowest BCUT2D eigenvalue weighted by molar-refractivity contribution is -0.148. The van der Waals surface area contributed by atoms with Gasteiger partial charge in [0.15, 0.2) is 0 Å². The summed E-state index contributed by atoms with van der Waals surface area (Å²) < 4.78 is 9.87. The van der Waals surface area contributed by atoms with Crippen LogP contribution in [0.25, 0.3) is 11.1 Å². The SMILES string of the molecule is COC(=O)C[C@H](NC(=O)CSCCNC(=O)OCC1c2ccccc2-c2ccccc21)C(=O)O. The van der Waals surface area contributed by atoms with E-state index in [-0.39, 0.29) is 24.8 Å². The molecule has 2 aromatic carbocycles. The molecule has 0 saturated carbocycles. The Morgan fingerprint density at radius 3 is 2.24 bits per heavy atom. The van der Waals surface area contributed by atoms with Gasteiger partial charge in [0, 0.05) is 18.2 Å². The quantitative estimate of drug-likeness (QED) is 0.326. The largest absolute Gasteiger partial charge is 0.480 e. The molecule has 0 aromatic heterocycles. The van der Waals surface area contributed by atoms with Gasteiger partial charge in [-0.15, -0.1) is 0 Å². The van der Waals surface area contributed by atoms with Crippen LogP contribution in [0.1, 0.15) is 23.5 Å².